The Bertz CT molecular complexity index is 1390. The number of nitrogens with one attached hydrogen (secondary N) is 3. The fraction of sp³-hybridized carbons (Fsp3) is 0.629. The highest BCUT2D eigenvalue weighted by atomic mass is 16.6. The molecule has 0 saturated carbocycles. The summed E-state index contributed by atoms with van der Waals surface area (Å²) < 4.78 is 1.62. The van der Waals surface area contributed by atoms with Crippen LogP contribution in [0.5, 0.6) is 0 Å². The van der Waals surface area contributed by atoms with Gasteiger partial charge in [-0.1, -0.05) is 58.2 Å². The Morgan fingerprint density at radius 3 is 2.41 bits per heavy atom. The van der Waals surface area contributed by atoms with Crippen molar-refractivity contribution in [3.63, 3.8) is 0 Å². The number of carbonyl (C=O) groups is 5. The van der Waals surface area contributed by atoms with Gasteiger partial charge in [-0.15, -0.1) is 0 Å². The van der Waals surface area contributed by atoms with E-state index in [2.05, 4.69) is 16.0 Å². The van der Waals surface area contributed by atoms with Crippen LogP contribution >= 0.6 is 0 Å². The van der Waals surface area contributed by atoms with Gasteiger partial charge < -0.3 is 25.7 Å². The van der Waals surface area contributed by atoms with Gasteiger partial charge in [-0.2, -0.15) is 4.73 Å². The van der Waals surface area contributed by atoms with Gasteiger partial charge >= 0.3 is 0 Å². The van der Waals surface area contributed by atoms with Crippen LogP contribution in [0.2, 0.25) is 0 Å². The van der Waals surface area contributed by atoms with E-state index in [0.717, 1.165) is 48.6 Å². The quantitative estimate of drug-likeness (QED) is 0.288. The van der Waals surface area contributed by atoms with E-state index in [4.69, 9.17) is 4.84 Å². The Morgan fingerprint density at radius 1 is 0.935 bits per heavy atom. The van der Waals surface area contributed by atoms with Crippen molar-refractivity contribution in [1.29, 1.82) is 0 Å². The molecule has 5 atom stereocenters. The number of aromatic nitrogens is 1. The maximum Gasteiger partial charge on any atom is 0.246 e. The third kappa shape index (κ3) is 8.47. The lowest BCUT2D eigenvalue weighted by atomic mass is 9.93. The van der Waals surface area contributed by atoms with Crippen molar-refractivity contribution < 1.29 is 28.8 Å². The standard InChI is InChI=1S/C35H51N5O6/c1-5-14-25(41)15-8-7-9-17-27-32(42)37-28(21-24-22-40(46-4)29-18-11-10-16-26(24)29)33(43)38-31(23(3)6-2)35(45)39-20-13-12-19-30(39)34(44)36-27/h10-11,16,18,22-23,27-28,30-31H,5-9,12-15,17,19-21H2,1-4H3,(H,36,44)(H,37,42)(H,38,43)/t23-,27-,28-,30+,31-/m0/s1. The number of benzene rings is 1. The van der Waals surface area contributed by atoms with Crippen molar-refractivity contribution in [3.05, 3.63) is 36.0 Å². The van der Waals surface area contributed by atoms with Crippen LogP contribution in [0.25, 0.3) is 10.9 Å². The molecule has 0 bridgehead atoms. The predicted octanol–water partition coefficient (Wildman–Crippen LogP) is 3.46. The third-order valence-electron chi connectivity index (χ3n) is 9.49. The predicted molar refractivity (Wildman–Crippen MR) is 176 cm³/mol. The molecule has 3 heterocycles. The molecule has 2 saturated heterocycles. The van der Waals surface area contributed by atoms with E-state index in [9.17, 15) is 24.0 Å². The first-order valence-corrected chi connectivity index (χ1v) is 17.0. The second-order valence-electron chi connectivity index (χ2n) is 12.8. The van der Waals surface area contributed by atoms with Gasteiger partial charge in [0.15, 0.2) is 0 Å². The van der Waals surface area contributed by atoms with Crippen LogP contribution < -0.4 is 20.8 Å². The molecule has 4 rings (SSSR count). The number of fused-ring (bicyclic) bond motifs is 2. The van der Waals surface area contributed by atoms with Gasteiger partial charge in [-0.05, 0) is 56.1 Å². The van der Waals surface area contributed by atoms with Gasteiger partial charge in [0.05, 0.1) is 5.52 Å². The molecule has 11 nitrogen and oxygen atoms in total. The number of para-hydroxylation sites is 1. The smallest absolute Gasteiger partial charge is 0.246 e. The van der Waals surface area contributed by atoms with Gasteiger partial charge in [0.25, 0.3) is 0 Å². The van der Waals surface area contributed by atoms with Crippen LogP contribution in [-0.4, -0.2) is 76.9 Å². The Hall–Kier alpha value is -3.89. The van der Waals surface area contributed by atoms with Gasteiger partial charge in [-0.25, -0.2) is 0 Å². The first-order chi connectivity index (χ1) is 22.2. The monoisotopic (exact) mass is 637 g/mol. The molecule has 1 aromatic heterocycles. The Morgan fingerprint density at radius 2 is 1.67 bits per heavy atom. The molecular weight excluding hydrogens is 586 g/mol. The molecule has 2 aliphatic rings. The van der Waals surface area contributed by atoms with E-state index in [1.807, 2.05) is 45.0 Å². The number of unbranched alkanes of at least 4 members (excludes halogenated alkanes) is 2. The first kappa shape index (κ1) is 35.0. The Balaban J connectivity index is 1.64. The molecule has 2 fully saturated rings. The number of piperidine rings is 1. The maximum atomic E-state index is 14.1. The molecule has 0 radical (unpaired) electrons. The molecule has 4 amide bonds. The lowest BCUT2D eigenvalue weighted by Gasteiger charge is -2.39. The van der Waals surface area contributed by atoms with Crippen molar-refractivity contribution in [1.82, 2.24) is 25.6 Å². The molecule has 0 spiro atoms. The van der Waals surface area contributed by atoms with Crippen LogP contribution in [0.3, 0.4) is 0 Å². The Kier molecular flexibility index (Phi) is 12.6. The zero-order valence-electron chi connectivity index (χ0n) is 27.8. The summed E-state index contributed by atoms with van der Waals surface area (Å²) in [4.78, 5) is 74.9. The molecule has 46 heavy (non-hydrogen) atoms. The van der Waals surface area contributed by atoms with E-state index >= 15 is 0 Å². The molecule has 252 valence electrons. The summed E-state index contributed by atoms with van der Waals surface area (Å²) in [6.07, 6.45) is 9.00. The average Bonchev–Trinajstić information content (AvgIpc) is 3.42. The minimum atomic E-state index is -1.01. The van der Waals surface area contributed by atoms with E-state index in [1.165, 1.54) is 0 Å². The maximum absolute atomic E-state index is 14.1. The minimum Gasteiger partial charge on any atom is -0.417 e. The van der Waals surface area contributed by atoms with E-state index < -0.39 is 36.0 Å². The summed E-state index contributed by atoms with van der Waals surface area (Å²) in [5, 5.41) is 9.77. The number of carbonyl (C=O) groups excluding carboxylic acids is 5. The fourth-order valence-electron chi connectivity index (χ4n) is 6.60. The SMILES string of the molecule is CCCC(=O)CCCCC[C@@H]1NC(=O)[C@H]2CCCCN2C(=O)[C@H]([C@@H](C)CC)NC(=O)[C@H](Cc2cn(OC)c3ccccc23)NC1=O. The molecular formula is C35H51N5O6. The number of hydrogen-bond donors (Lipinski definition) is 3. The molecule has 2 aromatic rings. The van der Waals surface area contributed by atoms with Gasteiger partial charge in [0.1, 0.15) is 37.1 Å². The highest BCUT2D eigenvalue weighted by Crippen LogP contribution is 2.24. The second-order valence-corrected chi connectivity index (χ2v) is 12.8. The summed E-state index contributed by atoms with van der Waals surface area (Å²) in [5.74, 6) is -1.46. The van der Waals surface area contributed by atoms with Gasteiger partial charge in [0.2, 0.25) is 23.6 Å². The van der Waals surface area contributed by atoms with Crippen LogP contribution in [0.1, 0.15) is 97.0 Å². The number of hydrogen-bond acceptors (Lipinski definition) is 6. The largest absolute Gasteiger partial charge is 0.417 e. The summed E-state index contributed by atoms with van der Waals surface area (Å²) in [6, 6.07) is 4.21. The number of nitrogens with zero attached hydrogens (tertiary/aromatic N) is 2. The lowest BCUT2D eigenvalue weighted by molar-refractivity contribution is -0.147. The lowest BCUT2D eigenvalue weighted by Crippen LogP contribution is -2.64. The summed E-state index contributed by atoms with van der Waals surface area (Å²) >= 11 is 0. The normalized spacial score (nSPS) is 23.4. The minimum absolute atomic E-state index is 0.155. The van der Waals surface area contributed by atoms with Crippen molar-refractivity contribution in [3.8, 4) is 0 Å². The molecule has 11 heteroatoms. The number of Topliss-reactive ketones (excluding diaryl/α,β-unsaturated/α-hetero) is 1. The zero-order valence-corrected chi connectivity index (χ0v) is 27.8. The van der Waals surface area contributed by atoms with Crippen LogP contribution in [0, 0.1) is 5.92 Å². The van der Waals surface area contributed by atoms with Gasteiger partial charge in [-0.3, -0.25) is 24.0 Å². The topological polar surface area (TPSA) is 139 Å². The summed E-state index contributed by atoms with van der Waals surface area (Å²) in [7, 11) is 1.56. The number of ketones is 1. The van der Waals surface area contributed by atoms with Crippen molar-refractivity contribution in [2.75, 3.05) is 13.7 Å². The molecule has 3 N–H and O–H groups in total. The average molecular weight is 638 g/mol. The second kappa shape index (κ2) is 16.6. The summed E-state index contributed by atoms with van der Waals surface area (Å²) in [6.45, 7) is 6.28. The molecule has 0 aliphatic carbocycles. The van der Waals surface area contributed by atoms with Crippen molar-refractivity contribution >= 4 is 40.3 Å². The third-order valence-corrected chi connectivity index (χ3v) is 9.49. The Labute approximate surface area is 272 Å². The van der Waals surface area contributed by atoms with E-state index in [1.54, 1.807) is 22.9 Å². The number of rotatable bonds is 13. The van der Waals surface area contributed by atoms with Crippen LogP contribution in [0.4, 0.5) is 0 Å². The van der Waals surface area contributed by atoms with Crippen LogP contribution in [0.15, 0.2) is 30.5 Å². The highest BCUT2D eigenvalue weighted by molar-refractivity contribution is 5.98. The first-order valence-electron chi connectivity index (χ1n) is 17.0. The fourth-order valence-corrected chi connectivity index (χ4v) is 6.60. The van der Waals surface area contributed by atoms with Crippen molar-refractivity contribution in [2.24, 2.45) is 5.92 Å². The summed E-state index contributed by atoms with van der Waals surface area (Å²) in [5.41, 5.74) is 1.62. The van der Waals surface area contributed by atoms with E-state index in [-0.39, 0.29) is 29.9 Å². The van der Waals surface area contributed by atoms with Crippen LogP contribution in [-0.2, 0) is 30.4 Å². The molecule has 1 aromatic carbocycles. The number of amides is 4. The highest BCUT2D eigenvalue weighted by Gasteiger charge is 2.40. The molecule has 2 aliphatic heterocycles. The molecule has 0 unspecified atom stereocenters. The van der Waals surface area contributed by atoms with Crippen molar-refractivity contribution in [2.45, 2.75) is 122 Å². The van der Waals surface area contributed by atoms with E-state index in [0.29, 0.717) is 45.1 Å². The zero-order chi connectivity index (χ0) is 33.2. The van der Waals surface area contributed by atoms with Gasteiger partial charge in [0, 0.05) is 37.4 Å².